The van der Waals surface area contributed by atoms with Crippen LogP contribution in [-0.2, 0) is 0 Å². The number of fused-ring (bicyclic) bond motifs is 1. The quantitative estimate of drug-likeness (QED) is 0.891. The summed E-state index contributed by atoms with van der Waals surface area (Å²) in [6.45, 7) is 2.21. The molecule has 0 aliphatic carbocycles. The highest BCUT2D eigenvalue weighted by Crippen LogP contribution is 2.35. The summed E-state index contributed by atoms with van der Waals surface area (Å²) in [5, 5.41) is 11.1. The second kappa shape index (κ2) is 4.30. The predicted molar refractivity (Wildman–Crippen MR) is 63.3 cm³/mol. The van der Waals surface area contributed by atoms with Gasteiger partial charge in [-0.1, -0.05) is 0 Å². The Morgan fingerprint density at radius 1 is 1.22 bits per heavy atom. The number of nitrogens with zero attached hydrogens (tertiary/aromatic N) is 2. The Morgan fingerprint density at radius 2 is 2.06 bits per heavy atom. The molecule has 1 N–H and O–H groups in total. The summed E-state index contributed by atoms with van der Waals surface area (Å²) in [7, 11) is 1.84. The van der Waals surface area contributed by atoms with Gasteiger partial charge in [-0.25, -0.2) is 0 Å². The molecule has 1 atom stereocenters. The number of hydrogen-bond donors (Lipinski definition) is 1. The highest BCUT2D eigenvalue weighted by Gasteiger charge is 2.17. The second-order valence-electron chi connectivity index (χ2n) is 4.02. The van der Waals surface area contributed by atoms with Gasteiger partial charge in [-0.05, 0) is 32.2 Å². The Morgan fingerprint density at radius 3 is 2.89 bits per heavy atom. The Hall–Kier alpha value is -2.08. The molecule has 3 rings (SSSR count). The van der Waals surface area contributed by atoms with Crippen molar-refractivity contribution in [1.29, 1.82) is 0 Å². The molecular weight excluding hydrogens is 234 g/mol. The molecule has 1 unspecified atom stereocenters. The SMILES string of the molecule is CNC(C)c1nnc(-c2ccc3c(c2)OCO3)o1. The van der Waals surface area contributed by atoms with E-state index in [9.17, 15) is 0 Å². The molecule has 0 bridgehead atoms. The van der Waals surface area contributed by atoms with Gasteiger partial charge in [0.05, 0.1) is 6.04 Å². The average molecular weight is 247 g/mol. The molecule has 1 aliphatic rings. The van der Waals surface area contributed by atoms with Gasteiger partial charge < -0.3 is 19.2 Å². The number of ether oxygens (including phenoxy) is 2. The van der Waals surface area contributed by atoms with Crippen molar-refractivity contribution < 1.29 is 13.9 Å². The van der Waals surface area contributed by atoms with E-state index in [1.54, 1.807) is 0 Å². The molecule has 1 aliphatic heterocycles. The molecule has 1 aromatic heterocycles. The van der Waals surface area contributed by atoms with E-state index in [1.807, 2.05) is 32.2 Å². The smallest absolute Gasteiger partial charge is 0.247 e. The molecule has 0 radical (unpaired) electrons. The predicted octanol–water partition coefficient (Wildman–Crippen LogP) is 1.75. The molecule has 2 aromatic rings. The molecule has 0 saturated carbocycles. The van der Waals surface area contributed by atoms with Crippen molar-refractivity contribution in [3.63, 3.8) is 0 Å². The first-order valence-corrected chi connectivity index (χ1v) is 5.68. The first-order chi connectivity index (χ1) is 8.78. The second-order valence-corrected chi connectivity index (χ2v) is 4.02. The van der Waals surface area contributed by atoms with Gasteiger partial charge in [0.25, 0.3) is 0 Å². The van der Waals surface area contributed by atoms with Crippen LogP contribution in [0.2, 0.25) is 0 Å². The maximum absolute atomic E-state index is 5.60. The van der Waals surface area contributed by atoms with Gasteiger partial charge in [-0.3, -0.25) is 0 Å². The van der Waals surface area contributed by atoms with E-state index in [4.69, 9.17) is 13.9 Å². The minimum absolute atomic E-state index is 0.0280. The van der Waals surface area contributed by atoms with Gasteiger partial charge in [-0.2, -0.15) is 0 Å². The topological polar surface area (TPSA) is 69.4 Å². The average Bonchev–Trinajstić information content (AvgIpc) is 3.05. The lowest BCUT2D eigenvalue weighted by Gasteiger charge is -2.02. The van der Waals surface area contributed by atoms with Crippen LogP contribution in [0.5, 0.6) is 11.5 Å². The fraction of sp³-hybridized carbons (Fsp3) is 0.333. The number of nitrogens with one attached hydrogen (secondary N) is 1. The largest absolute Gasteiger partial charge is 0.454 e. The lowest BCUT2D eigenvalue weighted by atomic mass is 10.2. The van der Waals surface area contributed by atoms with Crippen LogP contribution < -0.4 is 14.8 Å². The molecule has 1 aromatic carbocycles. The standard InChI is InChI=1S/C12H13N3O3/c1-7(13-2)11-14-15-12(18-11)8-3-4-9-10(5-8)17-6-16-9/h3-5,7,13H,6H2,1-2H3. The van der Waals surface area contributed by atoms with Crippen LogP contribution >= 0.6 is 0 Å². The maximum Gasteiger partial charge on any atom is 0.247 e. The van der Waals surface area contributed by atoms with E-state index in [0.29, 0.717) is 17.5 Å². The van der Waals surface area contributed by atoms with Crippen LogP contribution in [0.3, 0.4) is 0 Å². The molecule has 94 valence electrons. The molecule has 6 heteroatoms. The monoisotopic (exact) mass is 247 g/mol. The van der Waals surface area contributed by atoms with E-state index in [-0.39, 0.29) is 12.8 Å². The zero-order valence-electron chi connectivity index (χ0n) is 10.1. The minimum atomic E-state index is 0.0280. The van der Waals surface area contributed by atoms with Gasteiger partial charge in [-0.15, -0.1) is 10.2 Å². The van der Waals surface area contributed by atoms with Crippen molar-refractivity contribution in [3.05, 3.63) is 24.1 Å². The van der Waals surface area contributed by atoms with Gasteiger partial charge in [0, 0.05) is 5.56 Å². The maximum atomic E-state index is 5.60. The highest BCUT2D eigenvalue weighted by molar-refractivity contribution is 5.60. The number of hydrogen-bond acceptors (Lipinski definition) is 6. The first kappa shape index (κ1) is 11.0. The van der Waals surface area contributed by atoms with Crippen molar-refractivity contribution in [3.8, 4) is 23.0 Å². The molecule has 0 saturated heterocycles. The highest BCUT2D eigenvalue weighted by atomic mass is 16.7. The zero-order chi connectivity index (χ0) is 12.5. The number of benzene rings is 1. The van der Waals surface area contributed by atoms with E-state index in [0.717, 1.165) is 11.3 Å². The van der Waals surface area contributed by atoms with Crippen molar-refractivity contribution in [2.45, 2.75) is 13.0 Å². The molecule has 2 heterocycles. The van der Waals surface area contributed by atoms with Gasteiger partial charge in [0.15, 0.2) is 11.5 Å². The summed E-state index contributed by atoms with van der Waals surface area (Å²) in [5.74, 6) is 2.48. The Balaban J connectivity index is 1.92. The molecule has 18 heavy (non-hydrogen) atoms. The van der Waals surface area contributed by atoms with Crippen molar-refractivity contribution in [2.75, 3.05) is 13.8 Å². The molecule has 0 spiro atoms. The van der Waals surface area contributed by atoms with E-state index in [1.165, 1.54) is 0 Å². The van der Waals surface area contributed by atoms with Crippen LogP contribution in [0.15, 0.2) is 22.6 Å². The Labute approximate surface area is 104 Å². The zero-order valence-corrected chi connectivity index (χ0v) is 10.1. The van der Waals surface area contributed by atoms with Gasteiger partial charge in [0.1, 0.15) is 0 Å². The summed E-state index contributed by atoms with van der Waals surface area (Å²) >= 11 is 0. The molecule has 0 fully saturated rings. The van der Waals surface area contributed by atoms with E-state index in [2.05, 4.69) is 15.5 Å². The molecule has 0 amide bonds. The lowest BCUT2D eigenvalue weighted by Crippen LogP contribution is -2.12. The molecular formula is C12H13N3O3. The third-order valence-electron chi connectivity index (χ3n) is 2.86. The van der Waals surface area contributed by atoms with Gasteiger partial charge >= 0.3 is 0 Å². The summed E-state index contributed by atoms with van der Waals surface area (Å²) in [6.07, 6.45) is 0. The van der Waals surface area contributed by atoms with Crippen LogP contribution in [0.4, 0.5) is 0 Å². The normalized spacial score (nSPS) is 14.8. The Bertz CT molecular complexity index is 567. The lowest BCUT2D eigenvalue weighted by molar-refractivity contribution is 0.174. The fourth-order valence-electron chi connectivity index (χ4n) is 1.68. The van der Waals surface area contributed by atoms with Crippen LogP contribution in [0.25, 0.3) is 11.5 Å². The van der Waals surface area contributed by atoms with Crippen molar-refractivity contribution in [1.82, 2.24) is 15.5 Å². The summed E-state index contributed by atoms with van der Waals surface area (Å²) in [5.41, 5.74) is 0.821. The fourth-order valence-corrected chi connectivity index (χ4v) is 1.68. The van der Waals surface area contributed by atoms with E-state index >= 15 is 0 Å². The number of aromatic nitrogens is 2. The van der Waals surface area contributed by atoms with Gasteiger partial charge in [0.2, 0.25) is 18.6 Å². The van der Waals surface area contributed by atoms with E-state index < -0.39 is 0 Å². The van der Waals surface area contributed by atoms with Crippen molar-refractivity contribution >= 4 is 0 Å². The summed E-state index contributed by atoms with van der Waals surface area (Å²) in [6, 6.07) is 5.57. The van der Waals surface area contributed by atoms with Crippen LogP contribution in [0, 0.1) is 0 Å². The third-order valence-corrected chi connectivity index (χ3v) is 2.86. The summed E-state index contributed by atoms with van der Waals surface area (Å²) < 4.78 is 16.2. The van der Waals surface area contributed by atoms with Crippen LogP contribution in [0.1, 0.15) is 18.9 Å². The van der Waals surface area contributed by atoms with Crippen molar-refractivity contribution in [2.24, 2.45) is 0 Å². The molecule has 6 nitrogen and oxygen atoms in total. The first-order valence-electron chi connectivity index (χ1n) is 5.68. The third kappa shape index (κ3) is 1.80. The summed E-state index contributed by atoms with van der Waals surface area (Å²) in [4.78, 5) is 0. The Kier molecular flexibility index (Phi) is 2.64. The minimum Gasteiger partial charge on any atom is -0.454 e. The van der Waals surface area contributed by atoms with Crippen LogP contribution in [-0.4, -0.2) is 24.0 Å². The number of rotatable bonds is 3.